The third kappa shape index (κ3) is 3.77. The Labute approximate surface area is 124 Å². The summed E-state index contributed by atoms with van der Waals surface area (Å²) >= 11 is 3.31. The molecule has 1 unspecified atom stereocenters. The van der Waals surface area contributed by atoms with Crippen LogP contribution in [0.3, 0.4) is 0 Å². The fourth-order valence-electron chi connectivity index (χ4n) is 1.83. The first-order valence-electron chi connectivity index (χ1n) is 6.01. The normalized spacial score (nSPS) is 12.2. The predicted octanol–water partition coefficient (Wildman–Crippen LogP) is 4.36. The highest BCUT2D eigenvalue weighted by Gasteiger charge is 2.10. The van der Waals surface area contributed by atoms with E-state index in [1.807, 2.05) is 0 Å². The largest absolute Gasteiger partial charge is 0.489 e. The third-order valence-electron chi connectivity index (χ3n) is 2.74. The first-order chi connectivity index (χ1) is 9.45. The van der Waals surface area contributed by atoms with Crippen LogP contribution in [0.2, 0.25) is 0 Å². The van der Waals surface area contributed by atoms with Crippen molar-refractivity contribution in [1.82, 2.24) is 0 Å². The zero-order valence-electron chi connectivity index (χ0n) is 10.7. The van der Waals surface area contributed by atoms with Crippen LogP contribution >= 0.6 is 15.9 Å². The summed E-state index contributed by atoms with van der Waals surface area (Å²) in [5.41, 5.74) is 0.998. The molecule has 0 bridgehead atoms. The number of aliphatic hydroxyl groups excluding tert-OH is 1. The van der Waals surface area contributed by atoms with Gasteiger partial charge in [-0.25, -0.2) is 8.78 Å². The highest BCUT2D eigenvalue weighted by molar-refractivity contribution is 9.10. The van der Waals surface area contributed by atoms with Crippen LogP contribution in [-0.4, -0.2) is 5.11 Å². The Bertz CT molecular complexity index is 595. The van der Waals surface area contributed by atoms with Gasteiger partial charge in [-0.2, -0.15) is 0 Å². The molecule has 0 heterocycles. The number of halogens is 3. The highest BCUT2D eigenvalue weighted by Crippen LogP contribution is 2.29. The van der Waals surface area contributed by atoms with Gasteiger partial charge in [0, 0.05) is 16.1 Å². The van der Waals surface area contributed by atoms with Crippen LogP contribution < -0.4 is 4.74 Å². The number of benzene rings is 2. The van der Waals surface area contributed by atoms with Gasteiger partial charge in [0.2, 0.25) is 0 Å². The third-order valence-corrected chi connectivity index (χ3v) is 3.23. The molecule has 2 aromatic carbocycles. The number of hydrogen-bond acceptors (Lipinski definition) is 2. The van der Waals surface area contributed by atoms with Crippen LogP contribution in [0.1, 0.15) is 24.2 Å². The molecule has 1 atom stereocenters. The van der Waals surface area contributed by atoms with Crippen molar-refractivity contribution in [3.05, 3.63) is 63.6 Å². The lowest BCUT2D eigenvalue weighted by Gasteiger charge is -2.14. The molecule has 2 nitrogen and oxygen atoms in total. The molecule has 2 rings (SSSR count). The van der Waals surface area contributed by atoms with E-state index in [1.165, 1.54) is 12.1 Å². The number of ether oxygens (including phenoxy) is 1. The smallest absolute Gasteiger partial charge is 0.126 e. The fourth-order valence-corrected chi connectivity index (χ4v) is 2.21. The van der Waals surface area contributed by atoms with E-state index in [2.05, 4.69) is 15.9 Å². The van der Waals surface area contributed by atoms with Crippen LogP contribution in [0.25, 0.3) is 0 Å². The monoisotopic (exact) mass is 342 g/mol. The average molecular weight is 343 g/mol. The molecule has 0 saturated heterocycles. The second-order valence-electron chi connectivity index (χ2n) is 4.42. The van der Waals surface area contributed by atoms with Crippen LogP contribution in [0, 0.1) is 11.6 Å². The van der Waals surface area contributed by atoms with Gasteiger partial charge in [0.15, 0.2) is 0 Å². The van der Waals surface area contributed by atoms with E-state index in [0.717, 1.165) is 10.5 Å². The van der Waals surface area contributed by atoms with Crippen molar-refractivity contribution in [1.29, 1.82) is 0 Å². The van der Waals surface area contributed by atoms with E-state index in [1.54, 1.807) is 25.1 Å². The predicted molar refractivity (Wildman–Crippen MR) is 75.5 cm³/mol. The van der Waals surface area contributed by atoms with Gasteiger partial charge in [0.1, 0.15) is 24.0 Å². The summed E-state index contributed by atoms with van der Waals surface area (Å²) in [6.07, 6.45) is -0.702. The molecular weight excluding hydrogens is 330 g/mol. The zero-order chi connectivity index (χ0) is 14.7. The van der Waals surface area contributed by atoms with Crippen molar-refractivity contribution in [3.63, 3.8) is 0 Å². The maximum absolute atomic E-state index is 13.1. The molecule has 5 heteroatoms. The highest BCUT2D eigenvalue weighted by atomic mass is 79.9. The fraction of sp³-hybridized carbons (Fsp3) is 0.200. The van der Waals surface area contributed by atoms with Crippen molar-refractivity contribution in [3.8, 4) is 5.75 Å². The van der Waals surface area contributed by atoms with Gasteiger partial charge in [-0.1, -0.05) is 15.9 Å². The van der Waals surface area contributed by atoms with Crippen molar-refractivity contribution < 1.29 is 18.6 Å². The Hall–Kier alpha value is -1.46. The molecule has 0 aliphatic rings. The van der Waals surface area contributed by atoms with E-state index < -0.39 is 17.7 Å². The van der Waals surface area contributed by atoms with E-state index in [9.17, 15) is 13.9 Å². The number of rotatable bonds is 4. The van der Waals surface area contributed by atoms with Gasteiger partial charge in [0.25, 0.3) is 0 Å². The maximum Gasteiger partial charge on any atom is 0.126 e. The standard InChI is InChI=1S/C15H13BrF2O2/c1-9(19)14-6-11(16)2-3-15(14)20-8-10-4-12(17)7-13(18)5-10/h2-7,9,19H,8H2,1H3. The molecule has 0 amide bonds. The van der Waals surface area contributed by atoms with Crippen molar-refractivity contribution in [2.24, 2.45) is 0 Å². The minimum Gasteiger partial charge on any atom is -0.489 e. The van der Waals surface area contributed by atoms with Gasteiger partial charge in [-0.15, -0.1) is 0 Å². The molecule has 0 spiro atoms. The van der Waals surface area contributed by atoms with Gasteiger partial charge >= 0.3 is 0 Å². The second kappa shape index (κ2) is 6.33. The Morgan fingerprint density at radius 3 is 2.40 bits per heavy atom. The topological polar surface area (TPSA) is 29.5 Å². The van der Waals surface area contributed by atoms with Crippen LogP contribution in [0.15, 0.2) is 40.9 Å². The summed E-state index contributed by atoms with van der Waals surface area (Å²) in [4.78, 5) is 0. The van der Waals surface area contributed by atoms with Gasteiger partial charge in [-0.05, 0) is 42.8 Å². The lowest BCUT2D eigenvalue weighted by Crippen LogP contribution is -2.02. The molecule has 106 valence electrons. The molecule has 0 aromatic heterocycles. The van der Waals surface area contributed by atoms with Gasteiger partial charge < -0.3 is 9.84 Å². The minimum atomic E-state index is -0.702. The molecule has 1 N–H and O–H groups in total. The van der Waals surface area contributed by atoms with E-state index in [-0.39, 0.29) is 6.61 Å². The van der Waals surface area contributed by atoms with E-state index in [4.69, 9.17) is 4.74 Å². The molecule has 0 aliphatic carbocycles. The quantitative estimate of drug-likeness (QED) is 0.894. The summed E-state index contributed by atoms with van der Waals surface area (Å²) in [6, 6.07) is 8.44. The molecule has 2 aromatic rings. The summed E-state index contributed by atoms with van der Waals surface area (Å²) in [7, 11) is 0. The van der Waals surface area contributed by atoms with Crippen LogP contribution in [-0.2, 0) is 6.61 Å². The SMILES string of the molecule is CC(O)c1cc(Br)ccc1OCc1cc(F)cc(F)c1. The first kappa shape index (κ1) is 14.9. The summed E-state index contributed by atoms with van der Waals surface area (Å²) in [6.45, 7) is 1.65. The van der Waals surface area contributed by atoms with Crippen molar-refractivity contribution in [2.45, 2.75) is 19.6 Å². The van der Waals surface area contributed by atoms with Gasteiger partial charge in [0.05, 0.1) is 6.10 Å². The Morgan fingerprint density at radius 1 is 1.15 bits per heavy atom. The zero-order valence-corrected chi connectivity index (χ0v) is 12.3. The molecule has 0 saturated carbocycles. The second-order valence-corrected chi connectivity index (χ2v) is 5.34. The summed E-state index contributed by atoms with van der Waals surface area (Å²) in [5.74, 6) is -0.807. The molecule has 20 heavy (non-hydrogen) atoms. The van der Waals surface area contributed by atoms with Crippen LogP contribution in [0.5, 0.6) is 5.75 Å². The van der Waals surface area contributed by atoms with Crippen molar-refractivity contribution in [2.75, 3.05) is 0 Å². The number of aliphatic hydroxyl groups is 1. The number of hydrogen-bond donors (Lipinski definition) is 1. The average Bonchev–Trinajstić information content (AvgIpc) is 2.36. The Morgan fingerprint density at radius 2 is 1.80 bits per heavy atom. The molecule has 0 aliphatic heterocycles. The van der Waals surface area contributed by atoms with Crippen LogP contribution in [0.4, 0.5) is 8.78 Å². The van der Waals surface area contributed by atoms with E-state index in [0.29, 0.717) is 16.9 Å². The lowest BCUT2D eigenvalue weighted by atomic mass is 10.1. The Balaban J connectivity index is 2.18. The summed E-state index contributed by atoms with van der Waals surface area (Å²) < 4.78 is 32.5. The summed E-state index contributed by atoms with van der Waals surface area (Å²) in [5, 5.41) is 9.69. The van der Waals surface area contributed by atoms with Gasteiger partial charge in [-0.3, -0.25) is 0 Å². The van der Waals surface area contributed by atoms with E-state index >= 15 is 0 Å². The molecular formula is C15H13BrF2O2. The molecule has 0 radical (unpaired) electrons. The maximum atomic E-state index is 13.1. The lowest BCUT2D eigenvalue weighted by molar-refractivity contribution is 0.190. The molecule has 0 fully saturated rings. The van der Waals surface area contributed by atoms with Crippen molar-refractivity contribution >= 4 is 15.9 Å². The first-order valence-corrected chi connectivity index (χ1v) is 6.80. The Kier molecular flexibility index (Phi) is 4.73. The minimum absolute atomic E-state index is 0.0238.